The summed E-state index contributed by atoms with van der Waals surface area (Å²) in [6.07, 6.45) is 66.9. The van der Waals surface area contributed by atoms with Crippen molar-refractivity contribution in [3.05, 3.63) is 109 Å². The highest BCUT2D eigenvalue weighted by atomic mass is 31.2. The van der Waals surface area contributed by atoms with E-state index in [9.17, 15) is 19.0 Å². The van der Waals surface area contributed by atoms with Gasteiger partial charge in [-0.25, -0.2) is 4.57 Å². The minimum atomic E-state index is -4.40. The van der Waals surface area contributed by atoms with E-state index < -0.39 is 32.5 Å². The van der Waals surface area contributed by atoms with Crippen molar-refractivity contribution in [2.75, 3.05) is 26.4 Å². The summed E-state index contributed by atoms with van der Waals surface area (Å²) in [7, 11) is -4.40. The number of rotatable bonds is 46. The van der Waals surface area contributed by atoms with Crippen LogP contribution in [0.1, 0.15) is 194 Å². The van der Waals surface area contributed by atoms with Crippen molar-refractivity contribution in [3.8, 4) is 0 Å². The Labute approximate surface area is 397 Å². The van der Waals surface area contributed by atoms with Gasteiger partial charge in [-0.3, -0.25) is 18.6 Å². The zero-order valence-corrected chi connectivity index (χ0v) is 41.8. The number of phosphoric ester groups is 1. The summed E-state index contributed by atoms with van der Waals surface area (Å²) in [5.41, 5.74) is 5.36. The molecule has 0 heterocycles. The first kappa shape index (κ1) is 61.7. The molecule has 0 aliphatic heterocycles. The quantitative estimate of drug-likeness (QED) is 0.0265. The molecule has 2 atom stereocenters. The van der Waals surface area contributed by atoms with E-state index in [0.29, 0.717) is 12.8 Å². The number of ether oxygens (including phenoxy) is 2. The van der Waals surface area contributed by atoms with Gasteiger partial charge in [-0.1, -0.05) is 187 Å². The molecule has 0 rings (SSSR count). The highest BCUT2D eigenvalue weighted by Crippen LogP contribution is 2.43. The minimum Gasteiger partial charge on any atom is -0.462 e. The van der Waals surface area contributed by atoms with Gasteiger partial charge in [-0.15, -0.1) is 0 Å². The average Bonchev–Trinajstić information content (AvgIpc) is 3.30. The van der Waals surface area contributed by atoms with Crippen LogP contribution in [0.5, 0.6) is 0 Å². The molecule has 0 aromatic heterocycles. The Kier molecular flexibility index (Phi) is 47.5. The summed E-state index contributed by atoms with van der Waals surface area (Å²) in [6, 6.07) is 0. The maximum Gasteiger partial charge on any atom is 0.472 e. The number of unbranched alkanes of at least 4 members (excludes halogenated alkanes) is 15. The molecule has 0 aromatic rings. The summed E-state index contributed by atoms with van der Waals surface area (Å²) in [4.78, 5) is 35.0. The highest BCUT2D eigenvalue weighted by Gasteiger charge is 2.26. The molecule has 0 saturated heterocycles. The van der Waals surface area contributed by atoms with Crippen LogP contribution in [0.4, 0.5) is 0 Å². The summed E-state index contributed by atoms with van der Waals surface area (Å²) < 4.78 is 32.9. The Morgan fingerprint density at radius 1 is 0.477 bits per heavy atom. The van der Waals surface area contributed by atoms with E-state index in [0.717, 1.165) is 109 Å². The van der Waals surface area contributed by atoms with Crippen LogP contribution in [0.15, 0.2) is 109 Å². The maximum absolute atomic E-state index is 12.7. The number of nitrogens with two attached hydrogens (primary N) is 1. The standard InChI is InChI=1S/C55H92NO8P/c1-3-5-7-9-11-13-15-17-19-20-21-22-23-24-25-26-27-28-29-30-31-32-34-36-38-40-42-44-46-48-55(58)64-53(52-63-65(59,60)62-50-49-56)51-61-54(57)47-45-43-41-39-37-35-33-18-16-14-12-10-8-6-4-2/h5,7,11-14,17-19,21-22,24-25,27-28,30-31,33,53H,3-4,6,8-10,15-16,20,23,26,29,32,34-52,56H2,1-2H3,(H,59,60)/b7-5-,13-11-,14-12-,19-17-,22-21-,25-24-,28-27-,31-30-,33-18-. The first-order valence-electron chi connectivity index (χ1n) is 25.4. The van der Waals surface area contributed by atoms with Gasteiger partial charge in [-0.2, -0.15) is 0 Å². The fourth-order valence-corrected chi connectivity index (χ4v) is 7.17. The number of hydrogen-bond acceptors (Lipinski definition) is 8. The zero-order valence-electron chi connectivity index (χ0n) is 40.9. The first-order valence-corrected chi connectivity index (χ1v) is 26.9. The van der Waals surface area contributed by atoms with E-state index >= 15 is 0 Å². The van der Waals surface area contributed by atoms with Gasteiger partial charge < -0.3 is 20.1 Å². The lowest BCUT2D eigenvalue weighted by Gasteiger charge is -2.19. The van der Waals surface area contributed by atoms with Crippen molar-refractivity contribution in [1.82, 2.24) is 0 Å². The molecule has 0 saturated carbocycles. The summed E-state index contributed by atoms with van der Waals surface area (Å²) in [5, 5.41) is 0. The van der Waals surface area contributed by atoms with E-state index in [4.69, 9.17) is 24.3 Å². The van der Waals surface area contributed by atoms with Gasteiger partial charge in [0.05, 0.1) is 13.2 Å². The predicted octanol–water partition coefficient (Wildman–Crippen LogP) is 15.5. The molecule has 0 fully saturated rings. The molecule has 0 amide bonds. The zero-order chi connectivity index (χ0) is 47.4. The largest absolute Gasteiger partial charge is 0.472 e. The van der Waals surface area contributed by atoms with Gasteiger partial charge in [0.15, 0.2) is 6.10 Å². The van der Waals surface area contributed by atoms with Crippen molar-refractivity contribution in [2.24, 2.45) is 5.73 Å². The smallest absolute Gasteiger partial charge is 0.462 e. The monoisotopic (exact) mass is 926 g/mol. The summed E-state index contributed by atoms with van der Waals surface area (Å²) >= 11 is 0. The van der Waals surface area contributed by atoms with Crippen LogP contribution in [0.2, 0.25) is 0 Å². The third-order valence-electron chi connectivity index (χ3n) is 10.1. The molecule has 2 unspecified atom stereocenters. The Balaban J connectivity index is 4.11. The molecule has 0 aliphatic rings. The minimum absolute atomic E-state index is 0.0434. The van der Waals surface area contributed by atoms with Gasteiger partial charge >= 0.3 is 19.8 Å². The highest BCUT2D eigenvalue weighted by molar-refractivity contribution is 7.47. The van der Waals surface area contributed by atoms with Gasteiger partial charge in [0.25, 0.3) is 0 Å². The van der Waals surface area contributed by atoms with Crippen LogP contribution < -0.4 is 5.73 Å². The molecular weight excluding hydrogens is 834 g/mol. The van der Waals surface area contributed by atoms with Crippen LogP contribution >= 0.6 is 7.82 Å². The van der Waals surface area contributed by atoms with Crippen molar-refractivity contribution < 1.29 is 37.6 Å². The molecule has 0 bridgehead atoms. The number of esters is 2. The van der Waals surface area contributed by atoms with E-state index in [1.54, 1.807) is 0 Å². The van der Waals surface area contributed by atoms with Crippen molar-refractivity contribution in [1.29, 1.82) is 0 Å². The third kappa shape index (κ3) is 49.9. The van der Waals surface area contributed by atoms with E-state index in [2.05, 4.69) is 123 Å². The number of hydrogen-bond donors (Lipinski definition) is 2. The van der Waals surface area contributed by atoms with Gasteiger partial charge in [-0.05, 0) is 103 Å². The number of carbonyl (C=O) groups is 2. The molecule has 0 spiro atoms. The molecule has 0 aliphatic carbocycles. The normalized spacial score (nSPS) is 14.1. The van der Waals surface area contributed by atoms with Crippen LogP contribution in [0.25, 0.3) is 0 Å². The molecule has 0 radical (unpaired) electrons. The fraction of sp³-hybridized carbons (Fsp3) is 0.636. The van der Waals surface area contributed by atoms with Crippen LogP contribution in [-0.4, -0.2) is 49.3 Å². The maximum atomic E-state index is 12.7. The average molecular weight is 926 g/mol. The van der Waals surface area contributed by atoms with E-state index in [1.165, 1.54) is 44.9 Å². The van der Waals surface area contributed by atoms with Gasteiger partial charge in [0.2, 0.25) is 0 Å². The number of carbonyl (C=O) groups excluding carboxylic acids is 2. The van der Waals surface area contributed by atoms with E-state index in [-0.39, 0.29) is 32.6 Å². The van der Waals surface area contributed by atoms with Crippen LogP contribution in [0.3, 0.4) is 0 Å². The van der Waals surface area contributed by atoms with Crippen LogP contribution in [-0.2, 0) is 32.7 Å². The molecular formula is C55H92NO8P. The Morgan fingerprint density at radius 2 is 0.846 bits per heavy atom. The molecule has 10 heteroatoms. The van der Waals surface area contributed by atoms with E-state index in [1.807, 2.05) is 0 Å². The van der Waals surface area contributed by atoms with Crippen molar-refractivity contribution in [2.45, 2.75) is 200 Å². The van der Waals surface area contributed by atoms with Crippen LogP contribution in [0, 0.1) is 0 Å². The number of allylic oxidation sites excluding steroid dienone is 18. The SMILES string of the molecule is CC/C=C\C/C=C\C/C=C\C/C=C\C/C=C\C/C=C\C/C=C\CCCCCCCCCC(=O)OC(COC(=O)CCCCCCC/C=C\C/C=C\CCCCC)COP(=O)(O)OCCN. The fourth-order valence-electron chi connectivity index (χ4n) is 6.41. The molecule has 65 heavy (non-hydrogen) atoms. The molecule has 0 aromatic carbocycles. The molecule has 9 nitrogen and oxygen atoms in total. The first-order chi connectivity index (χ1) is 31.8. The number of phosphoric acid groups is 1. The topological polar surface area (TPSA) is 134 Å². The van der Waals surface area contributed by atoms with Gasteiger partial charge in [0, 0.05) is 19.4 Å². The summed E-state index contributed by atoms with van der Waals surface area (Å²) in [6.45, 7) is 3.55. The Bertz CT molecular complexity index is 1430. The van der Waals surface area contributed by atoms with Gasteiger partial charge in [0.1, 0.15) is 6.61 Å². The Morgan fingerprint density at radius 3 is 1.26 bits per heavy atom. The summed E-state index contributed by atoms with van der Waals surface area (Å²) in [5.74, 6) is -0.866. The second-order valence-corrected chi connectivity index (χ2v) is 17.8. The second-order valence-electron chi connectivity index (χ2n) is 16.3. The van der Waals surface area contributed by atoms with Crippen molar-refractivity contribution >= 4 is 19.8 Å². The lowest BCUT2D eigenvalue weighted by atomic mass is 10.1. The lowest BCUT2D eigenvalue weighted by molar-refractivity contribution is -0.161. The van der Waals surface area contributed by atoms with Crippen molar-refractivity contribution in [3.63, 3.8) is 0 Å². The molecule has 3 N–H and O–H groups in total. The lowest BCUT2D eigenvalue weighted by Crippen LogP contribution is -2.29. The second kappa shape index (κ2) is 50.1. The Hall–Kier alpha value is -3.33. The third-order valence-corrected chi connectivity index (χ3v) is 11.1. The predicted molar refractivity (Wildman–Crippen MR) is 275 cm³/mol. The molecule has 370 valence electrons.